The van der Waals surface area contributed by atoms with Gasteiger partial charge in [-0.1, -0.05) is 18.5 Å². The fourth-order valence-corrected chi connectivity index (χ4v) is 4.04. The Morgan fingerprint density at radius 1 is 1.33 bits per heavy atom. The van der Waals surface area contributed by atoms with Crippen molar-refractivity contribution in [3.63, 3.8) is 0 Å². The van der Waals surface area contributed by atoms with Crippen LogP contribution in [-0.2, 0) is 6.42 Å². The van der Waals surface area contributed by atoms with Crippen molar-refractivity contribution in [2.75, 3.05) is 0 Å². The molecule has 4 heteroatoms. The SMILES string of the molecule is CCc1ccc(C(Cl)c2sccc2Cl)s1. The summed E-state index contributed by atoms with van der Waals surface area (Å²) in [7, 11) is 0. The quantitative estimate of drug-likeness (QED) is 0.663. The Morgan fingerprint density at radius 2 is 2.13 bits per heavy atom. The molecule has 80 valence electrons. The van der Waals surface area contributed by atoms with Gasteiger partial charge in [0, 0.05) is 14.6 Å². The summed E-state index contributed by atoms with van der Waals surface area (Å²) < 4.78 is 0. The first-order valence-corrected chi connectivity index (χ1v) is 7.19. The van der Waals surface area contributed by atoms with Crippen molar-refractivity contribution in [1.29, 1.82) is 0 Å². The summed E-state index contributed by atoms with van der Waals surface area (Å²) in [4.78, 5) is 3.59. The Bertz CT molecular complexity index is 445. The highest BCUT2D eigenvalue weighted by molar-refractivity contribution is 7.13. The maximum absolute atomic E-state index is 6.38. The predicted octanol–water partition coefficient (Wildman–Crippen LogP) is 5.35. The van der Waals surface area contributed by atoms with Crippen LogP contribution in [0, 0.1) is 0 Å². The lowest BCUT2D eigenvalue weighted by Gasteiger charge is -2.04. The van der Waals surface area contributed by atoms with Crippen LogP contribution in [0.3, 0.4) is 0 Å². The smallest absolute Gasteiger partial charge is 0.103 e. The second kappa shape index (κ2) is 4.88. The van der Waals surface area contributed by atoms with Crippen molar-refractivity contribution in [2.24, 2.45) is 0 Å². The Kier molecular flexibility index (Phi) is 3.73. The molecule has 0 nitrogen and oxygen atoms in total. The van der Waals surface area contributed by atoms with Gasteiger partial charge in [0.15, 0.2) is 0 Å². The topological polar surface area (TPSA) is 0 Å². The Balaban J connectivity index is 2.28. The van der Waals surface area contributed by atoms with Gasteiger partial charge >= 0.3 is 0 Å². The third kappa shape index (κ3) is 2.39. The molecule has 0 bridgehead atoms. The minimum Gasteiger partial charge on any atom is -0.145 e. The van der Waals surface area contributed by atoms with E-state index in [4.69, 9.17) is 23.2 Å². The first-order valence-electron chi connectivity index (χ1n) is 4.68. The Morgan fingerprint density at radius 3 is 2.67 bits per heavy atom. The maximum Gasteiger partial charge on any atom is 0.103 e. The van der Waals surface area contributed by atoms with Gasteiger partial charge in [-0.15, -0.1) is 34.3 Å². The summed E-state index contributed by atoms with van der Waals surface area (Å²) in [5, 5.41) is 2.65. The monoisotopic (exact) mass is 276 g/mol. The molecule has 1 unspecified atom stereocenters. The van der Waals surface area contributed by atoms with E-state index in [-0.39, 0.29) is 5.38 Å². The van der Waals surface area contributed by atoms with E-state index < -0.39 is 0 Å². The number of halogens is 2. The van der Waals surface area contributed by atoms with E-state index in [1.54, 1.807) is 22.7 Å². The second-order valence-electron chi connectivity index (χ2n) is 3.15. The number of rotatable bonds is 3. The lowest BCUT2D eigenvalue weighted by atomic mass is 10.3. The Labute approximate surface area is 107 Å². The van der Waals surface area contributed by atoms with Crippen molar-refractivity contribution in [2.45, 2.75) is 18.7 Å². The summed E-state index contributed by atoms with van der Waals surface area (Å²) in [6.45, 7) is 2.15. The van der Waals surface area contributed by atoms with E-state index in [9.17, 15) is 0 Å². The lowest BCUT2D eigenvalue weighted by Crippen LogP contribution is -1.85. The maximum atomic E-state index is 6.38. The van der Waals surface area contributed by atoms with E-state index >= 15 is 0 Å². The third-order valence-corrected chi connectivity index (χ3v) is 5.59. The molecule has 2 aromatic rings. The van der Waals surface area contributed by atoms with Crippen molar-refractivity contribution in [3.05, 3.63) is 43.2 Å². The number of hydrogen-bond donors (Lipinski definition) is 0. The van der Waals surface area contributed by atoms with Gasteiger partial charge in [-0.3, -0.25) is 0 Å². The molecule has 15 heavy (non-hydrogen) atoms. The van der Waals surface area contributed by atoms with E-state index in [0.29, 0.717) is 0 Å². The van der Waals surface area contributed by atoms with E-state index in [1.807, 2.05) is 11.4 Å². The van der Waals surface area contributed by atoms with Crippen LogP contribution in [0.5, 0.6) is 0 Å². The van der Waals surface area contributed by atoms with Crippen molar-refractivity contribution >= 4 is 45.9 Å². The molecule has 0 aliphatic carbocycles. The molecule has 0 saturated carbocycles. The highest BCUT2D eigenvalue weighted by Crippen LogP contribution is 2.39. The molecule has 0 fully saturated rings. The van der Waals surface area contributed by atoms with Gasteiger partial charge in [0.25, 0.3) is 0 Å². The zero-order chi connectivity index (χ0) is 10.8. The first-order chi connectivity index (χ1) is 7.22. The highest BCUT2D eigenvalue weighted by atomic mass is 35.5. The number of aryl methyl sites for hydroxylation is 1. The normalized spacial score (nSPS) is 13.0. The number of thiophene rings is 2. The molecule has 0 amide bonds. The van der Waals surface area contributed by atoms with Crippen molar-refractivity contribution in [3.8, 4) is 0 Å². The molecule has 0 aliphatic heterocycles. The minimum atomic E-state index is -0.0946. The van der Waals surface area contributed by atoms with Gasteiger partial charge in [0.1, 0.15) is 5.38 Å². The van der Waals surface area contributed by atoms with Crippen LogP contribution in [0.2, 0.25) is 5.02 Å². The molecule has 0 aliphatic rings. The molecule has 2 rings (SSSR count). The molecule has 0 radical (unpaired) electrons. The summed E-state index contributed by atoms with van der Waals surface area (Å²) >= 11 is 15.8. The predicted molar refractivity (Wildman–Crippen MR) is 70.7 cm³/mol. The van der Waals surface area contributed by atoms with Gasteiger partial charge in [0.05, 0.1) is 5.02 Å². The minimum absolute atomic E-state index is 0.0946. The average molecular weight is 277 g/mol. The molecular weight excluding hydrogens is 267 g/mol. The molecule has 0 aromatic carbocycles. The van der Waals surface area contributed by atoms with Crippen LogP contribution in [0.1, 0.15) is 26.9 Å². The molecule has 1 atom stereocenters. The third-order valence-electron chi connectivity index (χ3n) is 2.16. The van der Waals surface area contributed by atoms with E-state index in [0.717, 1.165) is 16.3 Å². The van der Waals surface area contributed by atoms with E-state index in [1.165, 1.54) is 9.75 Å². The van der Waals surface area contributed by atoms with Crippen molar-refractivity contribution in [1.82, 2.24) is 0 Å². The summed E-state index contributed by atoms with van der Waals surface area (Å²) in [6.07, 6.45) is 1.06. The van der Waals surface area contributed by atoms with Crippen LogP contribution in [0.25, 0.3) is 0 Å². The second-order valence-corrected chi connectivity index (χ2v) is 6.14. The fraction of sp³-hybridized carbons (Fsp3) is 0.273. The standard InChI is InChI=1S/C11H10Cl2S2/c1-2-7-3-4-9(15-7)10(13)11-8(12)5-6-14-11/h3-6,10H,2H2,1H3. The van der Waals surface area contributed by atoms with E-state index in [2.05, 4.69) is 19.1 Å². The highest BCUT2D eigenvalue weighted by Gasteiger charge is 2.17. The van der Waals surface area contributed by atoms with Crippen LogP contribution in [-0.4, -0.2) is 0 Å². The molecule has 2 aromatic heterocycles. The summed E-state index contributed by atoms with van der Waals surface area (Å²) in [5.74, 6) is 0. The fourth-order valence-electron chi connectivity index (χ4n) is 1.34. The number of alkyl halides is 1. The molecule has 0 N–H and O–H groups in total. The van der Waals surface area contributed by atoms with Crippen molar-refractivity contribution < 1.29 is 0 Å². The van der Waals surface area contributed by atoms with Crippen LogP contribution in [0.4, 0.5) is 0 Å². The molecule has 2 heterocycles. The zero-order valence-electron chi connectivity index (χ0n) is 8.17. The average Bonchev–Trinajstić information content (AvgIpc) is 2.84. The Hall–Kier alpha value is -0.0200. The summed E-state index contributed by atoms with van der Waals surface area (Å²) in [6, 6.07) is 6.12. The number of hydrogen-bond acceptors (Lipinski definition) is 2. The van der Waals surface area contributed by atoms with Gasteiger partial charge < -0.3 is 0 Å². The zero-order valence-corrected chi connectivity index (χ0v) is 11.3. The van der Waals surface area contributed by atoms with Gasteiger partial charge in [-0.25, -0.2) is 0 Å². The van der Waals surface area contributed by atoms with Crippen LogP contribution in [0.15, 0.2) is 23.6 Å². The summed E-state index contributed by atoms with van der Waals surface area (Å²) in [5.41, 5.74) is 0. The van der Waals surface area contributed by atoms with Gasteiger partial charge in [-0.2, -0.15) is 0 Å². The molecule has 0 spiro atoms. The lowest BCUT2D eigenvalue weighted by molar-refractivity contribution is 1.19. The van der Waals surface area contributed by atoms with Crippen LogP contribution >= 0.6 is 45.9 Å². The van der Waals surface area contributed by atoms with Crippen LogP contribution < -0.4 is 0 Å². The largest absolute Gasteiger partial charge is 0.145 e. The van der Waals surface area contributed by atoms with Gasteiger partial charge in [-0.05, 0) is 30.0 Å². The molecular formula is C11H10Cl2S2. The molecule has 0 saturated heterocycles. The first kappa shape index (κ1) is 11.5. The van der Waals surface area contributed by atoms with Gasteiger partial charge in [0.2, 0.25) is 0 Å².